The Morgan fingerprint density at radius 1 is 1.08 bits per heavy atom. The Morgan fingerprint density at radius 2 is 1.73 bits per heavy atom. The summed E-state index contributed by atoms with van der Waals surface area (Å²) in [5.41, 5.74) is -6.80. The Kier molecular flexibility index (Phi) is 10.4. The van der Waals surface area contributed by atoms with Gasteiger partial charge in [0.25, 0.3) is 0 Å². The number of carbonyl (C=O) groups is 4. The fourth-order valence-electron chi connectivity index (χ4n) is 8.61. The van der Waals surface area contributed by atoms with Crippen molar-refractivity contribution in [3.63, 3.8) is 0 Å². The van der Waals surface area contributed by atoms with Crippen LogP contribution in [-0.4, -0.2) is 116 Å². The Bertz CT molecular complexity index is 1620. The molecule has 14 nitrogen and oxygen atoms in total. The highest BCUT2D eigenvalue weighted by Gasteiger charge is 2.76. The van der Waals surface area contributed by atoms with Crippen LogP contribution in [0.25, 0.3) is 0 Å². The highest BCUT2D eigenvalue weighted by molar-refractivity contribution is 5.94. The summed E-state index contributed by atoms with van der Waals surface area (Å²) >= 11 is 0. The second-order valence-electron chi connectivity index (χ2n) is 15.1. The molecule has 2 bridgehead atoms. The van der Waals surface area contributed by atoms with Crippen LogP contribution in [0, 0.1) is 16.7 Å². The molecule has 11 atom stereocenters. The standard InChI is InChI=1S/C37H49NO13/c1-8-48-33(45)38-21(14-18(2)3)26(40)32(44)50-22-16-37(47)30(51-31(43)20-12-10-9-11-13-20)28-35(7,23(39)15-24-36(28,46)17-49-24)29(42)27(41)25(19(22)4)34(37,5)6/h9-14,21-24,26-28,30,39-41,46-47H,8,15-17H2,1-7H3,(H,38,45)/t21-,22?,23-,24+,26+,27+,28-,30-,35+,36-,37+/m0/s1. The number of ether oxygens (including phenoxy) is 4. The van der Waals surface area contributed by atoms with Crippen molar-refractivity contribution in [2.75, 3.05) is 13.2 Å². The number of Topliss-reactive ketones (excluding diaryl/α,β-unsaturated/α-hetero) is 1. The van der Waals surface area contributed by atoms with E-state index >= 15 is 0 Å². The van der Waals surface area contributed by atoms with Gasteiger partial charge >= 0.3 is 18.0 Å². The highest BCUT2D eigenvalue weighted by Crippen LogP contribution is 2.63. The number of benzene rings is 1. The van der Waals surface area contributed by atoms with Gasteiger partial charge in [-0.25, -0.2) is 14.4 Å². The first-order valence-corrected chi connectivity index (χ1v) is 17.2. The molecular weight excluding hydrogens is 666 g/mol. The lowest BCUT2D eigenvalue weighted by atomic mass is 9.44. The lowest BCUT2D eigenvalue weighted by molar-refractivity contribution is -0.343. The van der Waals surface area contributed by atoms with Crippen LogP contribution < -0.4 is 5.32 Å². The monoisotopic (exact) mass is 715 g/mol. The first-order valence-electron chi connectivity index (χ1n) is 17.2. The number of hydrogen-bond acceptors (Lipinski definition) is 13. The average Bonchev–Trinajstić information content (AvgIpc) is 3.06. The molecule has 3 fully saturated rings. The molecule has 1 unspecified atom stereocenters. The number of esters is 2. The van der Waals surface area contributed by atoms with Crippen LogP contribution in [0.2, 0.25) is 0 Å². The molecule has 0 spiro atoms. The molecule has 51 heavy (non-hydrogen) atoms. The molecule has 2 saturated carbocycles. The van der Waals surface area contributed by atoms with Gasteiger partial charge in [0.1, 0.15) is 29.5 Å². The summed E-state index contributed by atoms with van der Waals surface area (Å²) in [5.74, 6) is -4.50. The third-order valence-corrected chi connectivity index (χ3v) is 11.5. The van der Waals surface area contributed by atoms with Crippen LogP contribution in [0.3, 0.4) is 0 Å². The Morgan fingerprint density at radius 3 is 2.29 bits per heavy atom. The summed E-state index contributed by atoms with van der Waals surface area (Å²) in [6, 6.07) is 6.61. The number of alkyl carbamates (subject to hydrolysis) is 1. The van der Waals surface area contributed by atoms with E-state index in [0.717, 1.165) is 0 Å². The maximum Gasteiger partial charge on any atom is 0.407 e. The normalized spacial score (nSPS) is 36.4. The molecule has 1 aromatic carbocycles. The predicted molar refractivity (Wildman–Crippen MR) is 179 cm³/mol. The molecule has 0 radical (unpaired) electrons. The lowest BCUT2D eigenvalue weighted by Gasteiger charge is -2.66. The summed E-state index contributed by atoms with van der Waals surface area (Å²) in [4.78, 5) is 54.3. The molecule has 1 heterocycles. The van der Waals surface area contributed by atoms with Crippen LogP contribution >= 0.6 is 0 Å². The minimum Gasteiger partial charge on any atom is -0.456 e. The Labute approximate surface area is 296 Å². The van der Waals surface area contributed by atoms with Gasteiger partial charge in [0.15, 0.2) is 11.9 Å². The highest BCUT2D eigenvalue weighted by atomic mass is 16.6. The van der Waals surface area contributed by atoms with Gasteiger partial charge in [0.2, 0.25) is 0 Å². The first kappa shape index (κ1) is 38.6. The molecule has 4 aliphatic rings. The maximum absolute atomic E-state index is 14.6. The zero-order valence-corrected chi connectivity index (χ0v) is 29.9. The predicted octanol–water partition coefficient (Wildman–Crippen LogP) is 1.50. The van der Waals surface area contributed by atoms with E-state index < -0.39 is 101 Å². The summed E-state index contributed by atoms with van der Waals surface area (Å²) in [6.07, 6.45) is -9.64. The third-order valence-electron chi connectivity index (χ3n) is 11.5. The van der Waals surface area contributed by atoms with Crippen molar-refractivity contribution in [1.82, 2.24) is 5.32 Å². The molecule has 1 saturated heterocycles. The van der Waals surface area contributed by atoms with E-state index in [0.29, 0.717) is 5.57 Å². The minimum absolute atomic E-state index is 0.0350. The maximum atomic E-state index is 14.6. The van der Waals surface area contributed by atoms with E-state index in [1.54, 1.807) is 52.8 Å². The number of nitrogens with one attached hydrogen (secondary N) is 1. The van der Waals surface area contributed by atoms with Crippen LogP contribution in [-0.2, 0) is 28.5 Å². The zero-order chi connectivity index (χ0) is 37.8. The van der Waals surface area contributed by atoms with Gasteiger partial charge in [-0.1, -0.05) is 43.7 Å². The number of fused-ring (bicyclic) bond motifs is 5. The second kappa shape index (κ2) is 13.7. The van der Waals surface area contributed by atoms with E-state index in [1.807, 2.05) is 0 Å². The third kappa shape index (κ3) is 6.19. The van der Waals surface area contributed by atoms with E-state index in [9.17, 15) is 44.7 Å². The molecule has 14 heteroatoms. The first-order chi connectivity index (χ1) is 23.7. The number of allylic oxidation sites excluding steroid dienone is 1. The average molecular weight is 716 g/mol. The van der Waals surface area contributed by atoms with Gasteiger partial charge in [-0.2, -0.15) is 0 Å². The van der Waals surface area contributed by atoms with Gasteiger partial charge < -0.3 is 49.8 Å². The van der Waals surface area contributed by atoms with Crippen LogP contribution in [0.15, 0.2) is 53.1 Å². The summed E-state index contributed by atoms with van der Waals surface area (Å²) in [7, 11) is 0. The quantitative estimate of drug-likeness (QED) is 0.128. The molecule has 1 amide bonds. The fraction of sp³-hybridized carbons (Fsp3) is 0.622. The molecule has 1 aliphatic heterocycles. The smallest absolute Gasteiger partial charge is 0.407 e. The zero-order valence-electron chi connectivity index (χ0n) is 29.9. The fourth-order valence-corrected chi connectivity index (χ4v) is 8.61. The Balaban J connectivity index is 1.65. The molecular formula is C37H49NO13. The largest absolute Gasteiger partial charge is 0.456 e. The van der Waals surface area contributed by atoms with Gasteiger partial charge in [0, 0.05) is 24.2 Å². The van der Waals surface area contributed by atoms with Gasteiger partial charge in [-0.3, -0.25) is 4.79 Å². The van der Waals surface area contributed by atoms with Crippen molar-refractivity contribution in [2.24, 2.45) is 16.7 Å². The van der Waals surface area contributed by atoms with E-state index in [4.69, 9.17) is 18.9 Å². The van der Waals surface area contributed by atoms with Gasteiger partial charge in [-0.15, -0.1) is 0 Å². The Hall–Kier alpha value is -3.66. The van der Waals surface area contributed by atoms with E-state index in [-0.39, 0.29) is 36.3 Å². The van der Waals surface area contributed by atoms with Crippen molar-refractivity contribution < 1.29 is 63.7 Å². The van der Waals surface area contributed by atoms with Crippen LogP contribution in [0.5, 0.6) is 0 Å². The second-order valence-corrected chi connectivity index (χ2v) is 15.1. The SMILES string of the molecule is CCOC(=O)N[C@@H](C=C(C)C)[C@@H](O)C(=O)OC1C[C@@]2(O)[C@@H](OC(=O)c3ccccc3)[C@@H]3[C@]4(O)CO[C@@H]4C[C@H](O)[C@@]3(C)C(=O)[C@H](O)C(=C1C)C2(C)C. The van der Waals surface area contributed by atoms with Crippen LogP contribution in [0.1, 0.15) is 71.7 Å². The molecule has 1 aromatic rings. The number of hydrogen-bond donors (Lipinski definition) is 6. The number of carbonyl (C=O) groups excluding carboxylic acids is 4. The topological polar surface area (TPSA) is 218 Å². The van der Waals surface area contributed by atoms with Crippen LogP contribution in [0.4, 0.5) is 4.79 Å². The van der Waals surface area contributed by atoms with Gasteiger partial charge in [0.05, 0.1) is 42.4 Å². The lowest BCUT2D eigenvalue weighted by Crippen LogP contribution is -2.81. The molecule has 280 valence electrons. The minimum atomic E-state index is -2.29. The number of rotatable bonds is 8. The number of aliphatic hydroxyl groups excluding tert-OH is 3. The molecule has 5 rings (SSSR count). The summed E-state index contributed by atoms with van der Waals surface area (Å²) in [6.45, 7) is 10.7. The summed E-state index contributed by atoms with van der Waals surface area (Å²) < 4.78 is 22.5. The number of amides is 1. The molecule has 3 aliphatic carbocycles. The molecule has 6 N–H and O–H groups in total. The van der Waals surface area contributed by atoms with Crippen molar-refractivity contribution in [2.45, 2.75) is 115 Å². The number of ketones is 1. The number of aliphatic hydroxyl groups is 5. The van der Waals surface area contributed by atoms with Crippen molar-refractivity contribution in [3.8, 4) is 0 Å². The van der Waals surface area contributed by atoms with Crippen molar-refractivity contribution in [1.29, 1.82) is 0 Å². The van der Waals surface area contributed by atoms with Crippen molar-refractivity contribution >= 4 is 23.8 Å². The molecule has 0 aromatic heterocycles. The summed E-state index contributed by atoms with van der Waals surface area (Å²) in [5, 5.41) is 62.3. The van der Waals surface area contributed by atoms with E-state index in [2.05, 4.69) is 5.32 Å². The van der Waals surface area contributed by atoms with Gasteiger partial charge in [-0.05, 0) is 57.9 Å². The van der Waals surface area contributed by atoms with Crippen molar-refractivity contribution in [3.05, 3.63) is 58.7 Å². The van der Waals surface area contributed by atoms with E-state index in [1.165, 1.54) is 32.1 Å².